The zero-order valence-electron chi connectivity index (χ0n) is 10.5. The van der Waals surface area contributed by atoms with E-state index in [-0.39, 0.29) is 12.0 Å². The molecule has 0 fully saturated rings. The number of aromatic nitrogens is 3. The highest BCUT2D eigenvalue weighted by Gasteiger charge is 2.17. The molecule has 6 heteroatoms. The number of aryl methyl sites for hydroxylation is 1. The van der Waals surface area contributed by atoms with Gasteiger partial charge in [-0.25, -0.2) is 0 Å². The lowest BCUT2D eigenvalue weighted by Crippen LogP contribution is -2.26. The first-order chi connectivity index (χ1) is 7.93. The van der Waals surface area contributed by atoms with Crippen LogP contribution in [0.2, 0.25) is 0 Å². The quantitative estimate of drug-likeness (QED) is 0.773. The highest BCUT2D eigenvalue weighted by molar-refractivity contribution is 5.69. The van der Waals surface area contributed by atoms with Crippen molar-refractivity contribution in [3.05, 3.63) is 11.9 Å². The molecule has 0 aliphatic heterocycles. The van der Waals surface area contributed by atoms with Crippen molar-refractivity contribution in [3.63, 3.8) is 0 Å². The van der Waals surface area contributed by atoms with E-state index in [0.29, 0.717) is 18.8 Å². The Bertz CT molecular complexity index is 374. The van der Waals surface area contributed by atoms with Crippen LogP contribution in [0.5, 0.6) is 0 Å². The van der Waals surface area contributed by atoms with Gasteiger partial charge >= 0.3 is 5.97 Å². The standard InChI is InChI=1S/C11H19N3O3/c1-4-17-11(2,3)5-6-14-8-9(12-13-14)7-10(15)16/h8H,4-7H2,1-3H3,(H,15,16). The van der Waals surface area contributed by atoms with E-state index in [2.05, 4.69) is 10.3 Å². The molecule has 0 spiro atoms. The van der Waals surface area contributed by atoms with Gasteiger partial charge in [-0.05, 0) is 27.2 Å². The predicted molar refractivity (Wildman–Crippen MR) is 61.7 cm³/mol. The molecule has 0 aromatic carbocycles. The summed E-state index contributed by atoms with van der Waals surface area (Å²) in [6.07, 6.45) is 2.38. The molecular formula is C11H19N3O3. The lowest BCUT2D eigenvalue weighted by atomic mass is 10.1. The van der Waals surface area contributed by atoms with Crippen molar-refractivity contribution in [1.29, 1.82) is 0 Å². The lowest BCUT2D eigenvalue weighted by molar-refractivity contribution is -0.136. The molecule has 0 amide bonds. The van der Waals surface area contributed by atoms with Crippen LogP contribution in [-0.4, -0.2) is 38.3 Å². The molecular weight excluding hydrogens is 222 g/mol. The van der Waals surface area contributed by atoms with Crippen LogP contribution in [0.3, 0.4) is 0 Å². The minimum Gasteiger partial charge on any atom is -0.481 e. The Morgan fingerprint density at radius 1 is 1.59 bits per heavy atom. The summed E-state index contributed by atoms with van der Waals surface area (Å²) in [5.41, 5.74) is 0.278. The largest absolute Gasteiger partial charge is 0.481 e. The van der Waals surface area contributed by atoms with E-state index in [0.717, 1.165) is 6.42 Å². The fraction of sp³-hybridized carbons (Fsp3) is 0.727. The van der Waals surface area contributed by atoms with E-state index in [4.69, 9.17) is 9.84 Å². The summed E-state index contributed by atoms with van der Waals surface area (Å²) in [7, 11) is 0. The second kappa shape index (κ2) is 5.77. The fourth-order valence-electron chi connectivity index (χ4n) is 1.53. The molecule has 0 bridgehead atoms. The maximum Gasteiger partial charge on any atom is 0.309 e. The van der Waals surface area contributed by atoms with E-state index in [1.54, 1.807) is 10.9 Å². The molecule has 0 saturated heterocycles. The summed E-state index contributed by atoms with van der Waals surface area (Å²) in [6, 6.07) is 0. The zero-order chi connectivity index (χ0) is 12.9. The number of ether oxygens (including phenoxy) is 1. The number of hydrogen-bond donors (Lipinski definition) is 1. The molecule has 1 rings (SSSR count). The molecule has 1 heterocycles. The molecule has 1 N–H and O–H groups in total. The molecule has 0 unspecified atom stereocenters. The fourth-order valence-corrected chi connectivity index (χ4v) is 1.53. The van der Waals surface area contributed by atoms with Crippen molar-refractivity contribution in [1.82, 2.24) is 15.0 Å². The second-order valence-electron chi connectivity index (χ2n) is 4.49. The van der Waals surface area contributed by atoms with Gasteiger partial charge in [0, 0.05) is 19.3 Å². The summed E-state index contributed by atoms with van der Waals surface area (Å²) < 4.78 is 7.22. The van der Waals surface area contributed by atoms with Crippen molar-refractivity contribution >= 4 is 5.97 Å². The molecule has 0 aliphatic carbocycles. The lowest BCUT2D eigenvalue weighted by Gasteiger charge is -2.24. The van der Waals surface area contributed by atoms with Crippen LogP contribution in [-0.2, 0) is 22.5 Å². The topological polar surface area (TPSA) is 77.2 Å². The van der Waals surface area contributed by atoms with Crippen LogP contribution in [0.15, 0.2) is 6.20 Å². The third kappa shape index (κ3) is 4.95. The van der Waals surface area contributed by atoms with Gasteiger partial charge in [-0.1, -0.05) is 5.21 Å². The highest BCUT2D eigenvalue weighted by Crippen LogP contribution is 2.15. The average Bonchev–Trinajstić information content (AvgIpc) is 2.62. The summed E-state index contributed by atoms with van der Waals surface area (Å²) in [5.74, 6) is -0.897. The van der Waals surface area contributed by atoms with Gasteiger partial charge in [0.05, 0.1) is 17.7 Å². The minimum absolute atomic E-state index is 0.0884. The van der Waals surface area contributed by atoms with Gasteiger partial charge in [-0.3, -0.25) is 9.48 Å². The van der Waals surface area contributed by atoms with Crippen LogP contribution < -0.4 is 0 Å². The van der Waals surface area contributed by atoms with E-state index in [1.807, 2.05) is 20.8 Å². The SMILES string of the molecule is CCOC(C)(C)CCn1cc(CC(=O)O)nn1. The summed E-state index contributed by atoms with van der Waals surface area (Å²) in [4.78, 5) is 10.5. The van der Waals surface area contributed by atoms with Crippen LogP contribution in [0.25, 0.3) is 0 Å². The summed E-state index contributed by atoms with van der Waals surface area (Å²) >= 11 is 0. The van der Waals surface area contributed by atoms with Gasteiger partial charge in [0.2, 0.25) is 0 Å². The Labute approximate surface area is 101 Å². The molecule has 0 aliphatic rings. The van der Waals surface area contributed by atoms with Gasteiger partial charge < -0.3 is 9.84 Å². The van der Waals surface area contributed by atoms with Crippen molar-refractivity contribution in [2.45, 2.75) is 45.8 Å². The zero-order valence-corrected chi connectivity index (χ0v) is 10.5. The van der Waals surface area contributed by atoms with Crippen LogP contribution >= 0.6 is 0 Å². The normalized spacial score (nSPS) is 11.7. The number of carboxylic acid groups (broad SMARTS) is 1. The Morgan fingerprint density at radius 2 is 2.29 bits per heavy atom. The number of carboxylic acids is 1. The first-order valence-electron chi connectivity index (χ1n) is 5.68. The molecule has 1 aromatic heterocycles. The number of rotatable bonds is 7. The van der Waals surface area contributed by atoms with Gasteiger partial charge in [-0.2, -0.15) is 0 Å². The summed E-state index contributed by atoms with van der Waals surface area (Å²) in [6.45, 7) is 7.34. The maximum absolute atomic E-state index is 10.5. The monoisotopic (exact) mass is 241 g/mol. The molecule has 1 aromatic rings. The van der Waals surface area contributed by atoms with E-state index >= 15 is 0 Å². The Balaban J connectivity index is 2.47. The van der Waals surface area contributed by atoms with Crippen LogP contribution in [0, 0.1) is 0 Å². The van der Waals surface area contributed by atoms with Crippen molar-refractivity contribution in [2.24, 2.45) is 0 Å². The predicted octanol–water partition coefficient (Wildman–Crippen LogP) is 1.11. The third-order valence-corrected chi connectivity index (χ3v) is 2.40. The Morgan fingerprint density at radius 3 is 2.88 bits per heavy atom. The molecule has 0 atom stereocenters. The van der Waals surface area contributed by atoms with E-state index < -0.39 is 5.97 Å². The number of nitrogens with zero attached hydrogens (tertiary/aromatic N) is 3. The minimum atomic E-state index is -0.897. The number of carbonyl (C=O) groups is 1. The van der Waals surface area contributed by atoms with Crippen molar-refractivity contribution in [3.8, 4) is 0 Å². The average molecular weight is 241 g/mol. The molecule has 6 nitrogen and oxygen atoms in total. The third-order valence-electron chi connectivity index (χ3n) is 2.40. The maximum atomic E-state index is 10.5. The first kappa shape index (κ1) is 13.6. The molecule has 17 heavy (non-hydrogen) atoms. The Kier molecular flexibility index (Phi) is 4.62. The highest BCUT2D eigenvalue weighted by atomic mass is 16.5. The first-order valence-corrected chi connectivity index (χ1v) is 5.68. The molecule has 0 saturated carbocycles. The van der Waals surface area contributed by atoms with E-state index in [9.17, 15) is 4.79 Å². The Hall–Kier alpha value is -1.43. The van der Waals surface area contributed by atoms with Gasteiger partial charge in [0.15, 0.2) is 0 Å². The van der Waals surface area contributed by atoms with Crippen molar-refractivity contribution in [2.75, 3.05) is 6.61 Å². The molecule has 0 radical (unpaired) electrons. The van der Waals surface area contributed by atoms with Crippen LogP contribution in [0.1, 0.15) is 32.9 Å². The van der Waals surface area contributed by atoms with E-state index in [1.165, 1.54) is 0 Å². The number of hydrogen-bond acceptors (Lipinski definition) is 4. The van der Waals surface area contributed by atoms with Crippen LogP contribution in [0.4, 0.5) is 0 Å². The second-order valence-corrected chi connectivity index (χ2v) is 4.49. The van der Waals surface area contributed by atoms with Crippen molar-refractivity contribution < 1.29 is 14.6 Å². The van der Waals surface area contributed by atoms with Gasteiger partial charge in [0.1, 0.15) is 0 Å². The summed E-state index contributed by atoms with van der Waals surface area (Å²) in [5, 5.41) is 16.3. The molecule has 96 valence electrons. The van der Waals surface area contributed by atoms with Gasteiger partial charge in [-0.15, -0.1) is 5.10 Å². The number of aliphatic carboxylic acids is 1. The van der Waals surface area contributed by atoms with Gasteiger partial charge in [0.25, 0.3) is 0 Å². The smallest absolute Gasteiger partial charge is 0.309 e.